The number of carbonyl (C=O) groups is 1. The van der Waals surface area contributed by atoms with Gasteiger partial charge >= 0.3 is 0 Å². The van der Waals surface area contributed by atoms with E-state index >= 15 is 0 Å². The van der Waals surface area contributed by atoms with Crippen LogP contribution in [0.15, 0.2) is 60.8 Å². The zero-order valence-electron chi connectivity index (χ0n) is 15.9. The van der Waals surface area contributed by atoms with Gasteiger partial charge < -0.3 is 14.4 Å². The van der Waals surface area contributed by atoms with Crippen LogP contribution < -0.4 is 4.74 Å². The van der Waals surface area contributed by atoms with Gasteiger partial charge in [0, 0.05) is 18.5 Å². The number of nitrogens with zero attached hydrogens (tertiary/aromatic N) is 3. The Balaban J connectivity index is 1.41. The molecule has 2 aromatic carbocycles. The minimum Gasteiger partial charge on any atom is -0.492 e. The third kappa shape index (κ3) is 4.51. The molecule has 0 spiro atoms. The first-order valence-corrected chi connectivity index (χ1v) is 9.77. The minimum absolute atomic E-state index is 0.0287. The second-order valence-corrected chi connectivity index (χ2v) is 7.00. The second kappa shape index (κ2) is 8.89. The maximum atomic E-state index is 13.0. The molecular weight excluding hydrogens is 354 g/mol. The molecule has 6 nitrogen and oxygen atoms in total. The summed E-state index contributed by atoms with van der Waals surface area (Å²) in [5.74, 6) is 0.839. The first kappa shape index (κ1) is 18.5. The van der Waals surface area contributed by atoms with Crippen LogP contribution in [0.4, 0.5) is 0 Å². The maximum absolute atomic E-state index is 13.0. The number of hydrogen-bond donors (Lipinski definition) is 0. The fraction of sp³-hybridized carbons (Fsp3) is 0.364. The van der Waals surface area contributed by atoms with Crippen molar-refractivity contribution in [2.75, 3.05) is 26.3 Å². The van der Waals surface area contributed by atoms with Crippen LogP contribution in [0.2, 0.25) is 0 Å². The molecule has 1 unspecified atom stereocenters. The van der Waals surface area contributed by atoms with Crippen molar-refractivity contribution in [3.63, 3.8) is 0 Å². The Morgan fingerprint density at radius 2 is 2.00 bits per heavy atom. The van der Waals surface area contributed by atoms with Gasteiger partial charge in [-0.15, -0.1) is 0 Å². The smallest absolute Gasteiger partial charge is 0.244 e. The Labute approximate surface area is 164 Å². The SMILES string of the molecule is O=C(Cn1ncc2ccccc21)N(CCOc1ccccc1)CC1CCCO1. The second-order valence-electron chi connectivity index (χ2n) is 7.00. The van der Waals surface area contributed by atoms with E-state index in [9.17, 15) is 4.79 Å². The average molecular weight is 379 g/mol. The van der Waals surface area contributed by atoms with E-state index in [0.29, 0.717) is 19.7 Å². The number of amides is 1. The van der Waals surface area contributed by atoms with Crippen LogP contribution in [0, 0.1) is 0 Å². The Morgan fingerprint density at radius 3 is 2.82 bits per heavy atom. The van der Waals surface area contributed by atoms with E-state index in [0.717, 1.165) is 36.1 Å². The molecule has 0 bridgehead atoms. The van der Waals surface area contributed by atoms with Crippen molar-refractivity contribution in [1.29, 1.82) is 0 Å². The van der Waals surface area contributed by atoms with Gasteiger partial charge in [0.15, 0.2) is 0 Å². The molecule has 6 heteroatoms. The molecule has 1 saturated heterocycles. The van der Waals surface area contributed by atoms with Gasteiger partial charge in [0.1, 0.15) is 18.9 Å². The molecule has 1 amide bonds. The van der Waals surface area contributed by atoms with Crippen molar-refractivity contribution >= 4 is 16.8 Å². The lowest BCUT2D eigenvalue weighted by Crippen LogP contribution is -2.41. The molecule has 1 atom stereocenters. The van der Waals surface area contributed by atoms with Crippen molar-refractivity contribution in [1.82, 2.24) is 14.7 Å². The molecule has 1 aromatic heterocycles. The predicted molar refractivity (Wildman–Crippen MR) is 107 cm³/mol. The summed E-state index contributed by atoms with van der Waals surface area (Å²) < 4.78 is 13.3. The minimum atomic E-state index is 0.0287. The van der Waals surface area contributed by atoms with Crippen molar-refractivity contribution in [3.05, 3.63) is 60.8 Å². The number of aromatic nitrogens is 2. The van der Waals surface area contributed by atoms with Gasteiger partial charge in [-0.05, 0) is 31.0 Å². The average Bonchev–Trinajstić information content (AvgIpc) is 3.38. The molecule has 0 radical (unpaired) electrons. The molecule has 1 fully saturated rings. The molecule has 1 aliphatic rings. The normalized spacial score (nSPS) is 16.4. The van der Waals surface area contributed by atoms with Crippen LogP contribution in [-0.4, -0.2) is 53.0 Å². The van der Waals surface area contributed by atoms with E-state index in [4.69, 9.17) is 9.47 Å². The van der Waals surface area contributed by atoms with Gasteiger partial charge in [0.25, 0.3) is 0 Å². The van der Waals surface area contributed by atoms with E-state index < -0.39 is 0 Å². The zero-order valence-corrected chi connectivity index (χ0v) is 15.9. The standard InChI is InChI=1S/C22H25N3O3/c26-22(17-25-21-11-5-4-7-18(21)15-23-25)24(16-20-10-6-13-27-20)12-14-28-19-8-2-1-3-9-19/h1-5,7-9,11,15,20H,6,10,12-14,16-17H2. The summed E-state index contributed by atoms with van der Waals surface area (Å²) in [6.45, 7) is 2.55. The third-order valence-electron chi connectivity index (χ3n) is 5.01. The lowest BCUT2D eigenvalue weighted by atomic mass is 10.2. The fourth-order valence-corrected chi connectivity index (χ4v) is 3.52. The molecule has 0 saturated carbocycles. The number of rotatable bonds is 8. The van der Waals surface area contributed by atoms with E-state index in [1.807, 2.05) is 59.5 Å². The highest BCUT2D eigenvalue weighted by atomic mass is 16.5. The predicted octanol–water partition coefficient (Wildman–Crippen LogP) is 3.12. The number of para-hydroxylation sites is 2. The van der Waals surface area contributed by atoms with Gasteiger partial charge in [-0.3, -0.25) is 9.48 Å². The summed E-state index contributed by atoms with van der Waals surface area (Å²) in [5, 5.41) is 5.42. The molecule has 4 rings (SSSR count). The van der Waals surface area contributed by atoms with Crippen LogP contribution >= 0.6 is 0 Å². The molecule has 0 N–H and O–H groups in total. The molecule has 1 aliphatic heterocycles. The summed E-state index contributed by atoms with van der Waals surface area (Å²) in [5.41, 5.74) is 0.966. The Morgan fingerprint density at radius 1 is 1.18 bits per heavy atom. The van der Waals surface area contributed by atoms with Gasteiger partial charge in [0.05, 0.1) is 24.4 Å². The summed E-state index contributed by atoms with van der Waals surface area (Å²) in [7, 11) is 0. The summed E-state index contributed by atoms with van der Waals surface area (Å²) >= 11 is 0. The van der Waals surface area contributed by atoms with Crippen molar-refractivity contribution in [2.24, 2.45) is 0 Å². The highest BCUT2D eigenvalue weighted by Gasteiger charge is 2.23. The Kier molecular flexibility index (Phi) is 5.87. The molecule has 0 aliphatic carbocycles. The first-order valence-electron chi connectivity index (χ1n) is 9.77. The lowest BCUT2D eigenvalue weighted by molar-refractivity contribution is -0.134. The van der Waals surface area contributed by atoms with E-state index in [2.05, 4.69) is 5.10 Å². The van der Waals surface area contributed by atoms with Crippen LogP contribution in [0.3, 0.4) is 0 Å². The maximum Gasteiger partial charge on any atom is 0.244 e. The largest absolute Gasteiger partial charge is 0.492 e. The van der Waals surface area contributed by atoms with E-state index in [1.165, 1.54) is 0 Å². The first-order chi connectivity index (χ1) is 13.8. The van der Waals surface area contributed by atoms with E-state index in [1.54, 1.807) is 10.9 Å². The molecular formula is C22H25N3O3. The van der Waals surface area contributed by atoms with Gasteiger partial charge in [-0.1, -0.05) is 36.4 Å². The van der Waals surface area contributed by atoms with Crippen molar-refractivity contribution < 1.29 is 14.3 Å². The number of hydrogen-bond acceptors (Lipinski definition) is 4. The lowest BCUT2D eigenvalue weighted by Gasteiger charge is -2.25. The number of benzene rings is 2. The van der Waals surface area contributed by atoms with Crippen LogP contribution in [0.5, 0.6) is 5.75 Å². The summed E-state index contributed by atoms with van der Waals surface area (Å²) in [6.07, 6.45) is 3.95. The van der Waals surface area contributed by atoms with Crippen molar-refractivity contribution in [3.8, 4) is 5.75 Å². The number of ether oxygens (including phenoxy) is 2. The molecule has 28 heavy (non-hydrogen) atoms. The van der Waals surface area contributed by atoms with Gasteiger partial charge in [0.2, 0.25) is 5.91 Å². The number of carbonyl (C=O) groups excluding carboxylic acids is 1. The molecule has 146 valence electrons. The summed E-state index contributed by atoms with van der Waals surface area (Å²) in [6, 6.07) is 17.6. The van der Waals surface area contributed by atoms with Gasteiger partial charge in [-0.2, -0.15) is 5.10 Å². The quantitative estimate of drug-likeness (QED) is 0.603. The Bertz CT molecular complexity index is 904. The van der Waals surface area contributed by atoms with Crippen LogP contribution in [-0.2, 0) is 16.1 Å². The van der Waals surface area contributed by atoms with Crippen molar-refractivity contribution in [2.45, 2.75) is 25.5 Å². The topological polar surface area (TPSA) is 56.6 Å². The van der Waals surface area contributed by atoms with Crippen LogP contribution in [0.25, 0.3) is 10.9 Å². The molecule has 3 aromatic rings. The van der Waals surface area contributed by atoms with E-state index in [-0.39, 0.29) is 18.6 Å². The highest BCUT2D eigenvalue weighted by molar-refractivity contribution is 5.82. The fourth-order valence-electron chi connectivity index (χ4n) is 3.52. The number of fused-ring (bicyclic) bond motifs is 1. The monoisotopic (exact) mass is 379 g/mol. The Hall–Kier alpha value is -2.86. The highest BCUT2D eigenvalue weighted by Crippen LogP contribution is 2.16. The third-order valence-corrected chi connectivity index (χ3v) is 5.01. The molecule has 2 heterocycles. The zero-order chi connectivity index (χ0) is 19.2. The van der Waals surface area contributed by atoms with Crippen LogP contribution in [0.1, 0.15) is 12.8 Å². The van der Waals surface area contributed by atoms with Gasteiger partial charge in [-0.25, -0.2) is 0 Å². The summed E-state index contributed by atoms with van der Waals surface area (Å²) in [4.78, 5) is 14.9.